The number of hydrogen-bond donors (Lipinski definition) is 4. The van der Waals surface area contributed by atoms with Crippen LogP contribution in [-0.2, 0) is 14.6 Å². The van der Waals surface area contributed by atoms with Crippen molar-refractivity contribution in [3.05, 3.63) is 78.5 Å². The van der Waals surface area contributed by atoms with Gasteiger partial charge >= 0.3 is 0 Å². The number of fused-ring (bicyclic) bond motifs is 2. The Balaban J connectivity index is 1.38. The third-order valence-corrected chi connectivity index (χ3v) is 8.46. The van der Waals surface area contributed by atoms with E-state index in [4.69, 9.17) is 10.7 Å². The van der Waals surface area contributed by atoms with E-state index in [2.05, 4.69) is 30.5 Å². The minimum atomic E-state index is -3.65. The van der Waals surface area contributed by atoms with Gasteiger partial charge < -0.3 is 16.0 Å². The molecular formula is C31H29FN8O3S. The number of nitrogens with two attached hydrogens (primary N) is 1. The summed E-state index contributed by atoms with van der Waals surface area (Å²) in [5.41, 5.74) is 12.1. The third kappa shape index (κ3) is 5.79. The summed E-state index contributed by atoms with van der Waals surface area (Å²) in [6.45, 7) is 2.03. The van der Waals surface area contributed by atoms with Gasteiger partial charge in [0.25, 0.3) is 0 Å². The van der Waals surface area contributed by atoms with Gasteiger partial charge in [0.15, 0.2) is 9.84 Å². The zero-order valence-electron chi connectivity index (χ0n) is 23.9. The molecule has 0 fully saturated rings. The summed E-state index contributed by atoms with van der Waals surface area (Å²) in [5, 5.41) is 9.71. The van der Waals surface area contributed by atoms with Crippen LogP contribution >= 0.6 is 0 Å². The fourth-order valence-electron chi connectivity index (χ4n) is 5.03. The lowest BCUT2D eigenvalue weighted by molar-refractivity contribution is -0.116. The fourth-order valence-corrected chi connectivity index (χ4v) is 5.66. The molecule has 0 aliphatic rings. The topological polar surface area (TPSA) is 172 Å². The first-order valence-electron chi connectivity index (χ1n) is 13.9. The van der Waals surface area contributed by atoms with Crippen molar-refractivity contribution in [3.8, 4) is 33.9 Å². The number of sulfone groups is 1. The molecule has 0 saturated carbocycles. The van der Waals surface area contributed by atoms with E-state index < -0.39 is 21.0 Å². The van der Waals surface area contributed by atoms with Gasteiger partial charge in [-0.25, -0.2) is 17.8 Å². The predicted molar refractivity (Wildman–Crippen MR) is 168 cm³/mol. The first kappa shape index (κ1) is 29.1. The molecule has 13 heteroatoms. The Labute approximate surface area is 252 Å². The van der Waals surface area contributed by atoms with Gasteiger partial charge in [0.2, 0.25) is 5.91 Å². The molecule has 1 atom stereocenters. The van der Waals surface area contributed by atoms with Gasteiger partial charge in [0.05, 0.1) is 34.5 Å². The number of benzene rings is 1. The highest BCUT2D eigenvalue weighted by Gasteiger charge is 2.21. The molecule has 0 bridgehead atoms. The van der Waals surface area contributed by atoms with E-state index in [1.165, 1.54) is 12.1 Å². The molecule has 44 heavy (non-hydrogen) atoms. The molecule has 0 aliphatic heterocycles. The Bertz CT molecular complexity index is 2140. The van der Waals surface area contributed by atoms with Crippen molar-refractivity contribution in [1.82, 2.24) is 30.1 Å². The van der Waals surface area contributed by atoms with Gasteiger partial charge in [0.1, 0.15) is 22.4 Å². The van der Waals surface area contributed by atoms with Crippen LogP contribution in [0, 0.1) is 5.82 Å². The number of unbranched alkanes of at least 4 members (excludes halogenated alkanes) is 1. The van der Waals surface area contributed by atoms with E-state index in [1.54, 1.807) is 24.7 Å². The number of carbonyl (C=O) groups excluding carboxylic acids is 1. The van der Waals surface area contributed by atoms with Crippen LogP contribution in [0.25, 0.3) is 55.8 Å². The molecule has 0 saturated heterocycles. The lowest BCUT2D eigenvalue weighted by Gasteiger charge is -2.12. The molecule has 1 amide bonds. The molecule has 0 radical (unpaired) electrons. The number of carbonyl (C=O) groups is 1. The van der Waals surface area contributed by atoms with E-state index in [0.717, 1.165) is 30.7 Å². The molecule has 224 valence electrons. The van der Waals surface area contributed by atoms with Crippen molar-refractivity contribution >= 4 is 43.4 Å². The summed E-state index contributed by atoms with van der Waals surface area (Å²) in [4.78, 5) is 29.2. The standard InChI is InChI=1S/C31H29FN8O3S/c1-3-4-5-27(41)36-21-13-19(15-34-16-21)23-6-7-25-29(38-23)30(40-39-25)26-14-22-24(37-26)8-9-35-28(22)17-10-18(12-20(32)11-17)31(33)44(2,42)43/h6-16,31,37H,3-5,33H2,1-2H3,(H,36,41)(H,39,40). The molecule has 1 aromatic carbocycles. The number of nitrogens with zero attached hydrogens (tertiary/aromatic N) is 4. The van der Waals surface area contributed by atoms with Crippen LogP contribution in [0.2, 0.25) is 0 Å². The second kappa shape index (κ2) is 11.6. The molecule has 0 spiro atoms. The fraction of sp³-hybridized carbons (Fsp3) is 0.194. The van der Waals surface area contributed by atoms with E-state index in [1.807, 2.05) is 31.2 Å². The molecule has 5 heterocycles. The number of nitrogens with one attached hydrogen (secondary N) is 3. The molecule has 5 N–H and O–H groups in total. The summed E-state index contributed by atoms with van der Waals surface area (Å²) in [6.07, 6.45) is 8.06. The molecule has 5 aromatic heterocycles. The van der Waals surface area contributed by atoms with Gasteiger partial charge in [0, 0.05) is 47.1 Å². The summed E-state index contributed by atoms with van der Waals surface area (Å²) in [5.74, 6) is -0.688. The summed E-state index contributed by atoms with van der Waals surface area (Å²) < 4.78 is 38.7. The van der Waals surface area contributed by atoms with Gasteiger partial charge in [-0.05, 0) is 60.5 Å². The van der Waals surface area contributed by atoms with E-state index in [0.29, 0.717) is 62.4 Å². The van der Waals surface area contributed by atoms with Crippen molar-refractivity contribution in [2.45, 2.75) is 31.6 Å². The molecule has 6 aromatic rings. The second-order valence-electron chi connectivity index (χ2n) is 10.6. The molecule has 11 nitrogen and oxygen atoms in total. The monoisotopic (exact) mass is 612 g/mol. The van der Waals surface area contributed by atoms with Crippen LogP contribution in [-0.4, -0.2) is 50.7 Å². The third-order valence-electron chi connectivity index (χ3n) is 7.27. The lowest BCUT2D eigenvalue weighted by atomic mass is 10.0. The van der Waals surface area contributed by atoms with Crippen LogP contribution in [0.1, 0.15) is 37.1 Å². The highest BCUT2D eigenvalue weighted by atomic mass is 32.2. The first-order valence-corrected chi connectivity index (χ1v) is 15.9. The number of rotatable bonds is 9. The average Bonchev–Trinajstić information content (AvgIpc) is 3.62. The number of anilines is 1. The van der Waals surface area contributed by atoms with Crippen molar-refractivity contribution in [3.63, 3.8) is 0 Å². The zero-order chi connectivity index (χ0) is 31.0. The van der Waals surface area contributed by atoms with Crippen molar-refractivity contribution in [1.29, 1.82) is 0 Å². The van der Waals surface area contributed by atoms with Crippen LogP contribution in [0.15, 0.2) is 67.1 Å². The second-order valence-corrected chi connectivity index (χ2v) is 12.8. The Morgan fingerprint density at radius 3 is 2.68 bits per heavy atom. The average molecular weight is 613 g/mol. The lowest BCUT2D eigenvalue weighted by Crippen LogP contribution is -2.20. The van der Waals surface area contributed by atoms with Gasteiger partial charge in [-0.15, -0.1) is 0 Å². The van der Waals surface area contributed by atoms with E-state index in [-0.39, 0.29) is 11.5 Å². The van der Waals surface area contributed by atoms with Crippen LogP contribution < -0.4 is 11.1 Å². The van der Waals surface area contributed by atoms with Crippen molar-refractivity contribution in [2.75, 3.05) is 11.6 Å². The molecule has 0 aliphatic carbocycles. The Morgan fingerprint density at radius 1 is 1.05 bits per heavy atom. The van der Waals surface area contributed by atoms with Crippen molar-refractivity contribution < 1.29 is 17.6 Å². The number of pyridine rings is 3. The Morgan fingerprint density at radius 2 is 1.89 bits per heavy atom. The largest absolute Gasteiger partial charge is 0.353 e. The van der Waals surface area contributed by atoms with Gasteiger partial charge in [-0.1, -0.05) is 13.3 Å². The highest BCUT2D eigenvalue weighted by Crippen LogP contribution is 2.34. The van der Waals surface area contributed by atoms with Gasteiger partial charge in [-0.2, -0.15) is 5.10 Å². The number of hydrogen-bond acceptors (Lipinski definition) is 8. The SMILES string of the molecule is CCCCC(=O)Nc1cncc(-c2ccc3[nH]nc(-c4cc5c(-c6cc(F)cc(C(N)S(C)(=O)=O)c6)nccc5[nH]4)c3n2)c1. The first-order chi connectivity index (χ1) is 21.1. The zero-order valence-corrected chi connectivity index (χ0v) is 24.7. The van der Waals surface area contributed by atoms with E-state index >= 15 is 0 Å². The Hall–Kier alpha value is -5.01. The van der Waals surface area contributed by atoms with Crippen LogP contribution in [0.5, 0.6) is 0 Å². The Kier molecular flexibility index (Phi) is 7.66. The van der Waals surface area contributed by atoms with Crippen LogP contribution in [0.4, 0.5) is 10.1 Å². The number of amides is 1. The number of H-pyrrole nitrogens is 2. The maximum Gasteiger partial charge on any atom is 0.224 e. The molecule has 6 rings (SSSR count). The summed E-state index contributed by atoms with van der Waals surface area (Å²) >= 11 is 0. The van der Waals surface area contributed by atoms with Crippen molar-refractivity contribution in [2.24, 2.45) is 5.73 Å². The predicted octanol–water partition coefficient (Wildman–Crippen LogP) is 5.50. The number of aromatic nitrogens is 6. The molecule has 1 unspecified atom stereocenters. The number of halogens is 1. The summed E-state index contributed by atoms with van der Waals surface area (Å²) in [6, 6.07) is 13.1. The highest BCUT2D eigenvalue weighted by molar-refractivity contribution is 7.90. The maximum absolute atomic E-state index is 14.6. The quantitative estimate of drug-likeness (QED) is 0.166. The molecular weight excluding hydrogens is 583 g/mol. The smallest absolute Gasteiger partial charge is 0.224 e. The van der Waals surface area contributed by atoms with Gasteiger partial charge in [-0.3, -0.25) is 19.9 Å². The van der Waals surface area contributed by atoms with E-state index in [9.17, 15) is 17.6 Å². The maximum atomic E-state index is 14.6. The number of aromatic amines is 2. The van der Waals surface area contributed by atoms with Crippen LogP contribution in [0.3, 0.4) is 0 Å². The minimum Gasteiger partial charge on any atom is -0.353 e. The normalized spacial score (nSPS) is 12.5. The minimum absolute atomic E-state index is 0.0632. The summed E-state index contributed by atoms with van der Waals surface area (Å²) in [7, 11) is -3.65.